The first-order valence-electron chi connectivity index (χ1n) is 13.4. The molecule has 0 spiro atoms. The molecule has 40 heavy (non-hydrogen) atoms. The van der Waals surface area contributed by atoms with Gasteiger partial charge in [-0.3, -0.25) is 4.98 Å². The molecule has 2 aromatic heterocycles. The molecule has 0 aliphatic carbocycles. The van der Waals surface area contributed by atoms with Gasteiger partial charge in [-0.25, -0.2) is 4.98 Å². The summed E-state index contributed by atoms with van der Waals surface area (Å²) in [4.78, 5) is 9.42. The minimum absolute atomic E-state index is 0.0277. The lowest BCUT2D eigenvalue weighted by molar-refractivity contribution is 0.793. The Labute approximate surface area is 235 Å². The van der Waals surface area contributed by atoms with E-state index in [2.05, 4.69) is 83.3 Å². The van der Waals surface area contributed by atoms with Crippen molar-refractivity contribution in [3.63, 3.8) is 0 Å². The van der Waals surface area contributed by atoms with Crippen LogP contribution in [-0.4, -0.2) is 20.7 Å². The molecule has 0 saturated carbocycles. The van der Waals surface area contributed by atoms with Gasteiger partial charge in [0.25, 0.3) is 0 Å². The maximum atomic E-state index is 10.5. The normalized spacial score (nSPS) is 11.9. The zero-order chi connectivity index (χ0) is 28.1. The van der Waals surface area contributed by atoms with Gasteiger partial charge in [-0.15, -0.1) is 0 Å². The van der Waals surface area contributed by atoms with Gasteiger partial charge in [-0.1, -0.05) is 55.0 Å². The lowest BCUT2D eigenvalue weighted by Gasteiger charge is -2.20. The van der Waals surface area contributed by atoms with Crippen LogP contribution in [0.3, 0.4) is 0 Å². The second-order valence-corrected chi connectivity index (χ2v) is 9.97. The van der Waals surface area contributed by atoms with Crippen molar-refractivity contribution in [3.8, 4) is 6.07 Å². The number of aromatic nitrogens is 3. The lowest BCUT2D eigenvalue weighted by Crippen LogP contribution is -2.09. The van der Waals surface area contributed by atoms with E-state index in [1.165, 1.54) is 17.3 Å². The molecule has 3 aromatic carbocycles. The number of fused-ring (bicyclic) bond motifs is 1. The average Bonchev–Trinajstić information content (AvgIpc) is 3.40. The minimum atomic E-state index is -0.0277. The summed E-state index contributed by atoms with van der Waals surface area (Å²) in [6.45, 7) is 4.18. The zero-order valence-corrected chi connectivity index (χ0v) is 23.0. The monoisotopic (exact) mass is 524 g/mol. The number of aryl methyl sites for hydroxylation is 3. The van der Waals surface area contributed by atoms with Crippen molar-refractivity contribution in [2.75, 3.05) is 5.32 Å². The summed E-state index contributed by atoms with van der Waals surface area (Å²) in [5, 5.41) is 21.6. The van der Waals surface area contributed by atoms with E-state index in [9.17, 15) is 5.26 Å². The number of imidazole rings is 1. The van der Waals surface area contributed by atoms with Crippen LogP contribution in [0.15, 0.2) is 91.5 Å². The Kier molecular flexibility index (Phi) is 7.84. The van der Waals surface area contributed by atoms with E-state index in [0.717, 1.165) is 51.1 Å². The fourth-order valence-electron chi connectivity index (χ4n) is 5.22. The van der Waals surface area contributed by atoms with E-state index in [-0.39, 0.29) is 5.92 Å². The first kappa shape index (κ1) is 26.6. The van der Waals surface area contributed by atoms with Crippen molar-refractivity contribution in [2.24, 2.45) is 7.05 Å². The fraction of sp³-hybridized carbons (Fsp3) is 0.176. The molecule has 0 saturated heterocycles. The fourth-order valence-corrected chi connectivity index (χ4v) is 5.22. The number of nitriles is 1. The van der Waals surface area contributed by atoms with E-state index in [1.54, 1.807) is 12.3 Å². The molecule has 0 amide bonds. The second kappa shape index (κ2) is 11.8. The largest absolute Gasteiger partial charge is 0.362 e. The van der Waals surface area contributed by atoms with Crippen molar-refractivity contribution in [3.05, 3.63) is 136 Å². The molecule has 0 radical (unpaired) electrons. The number of allylic oxidation sites excluding steroid dienone is 1. The first-order valence-corrected chi connectivity index (χ1v) is 13.4. The van der Waals surface area contributed by atoms with Crippen LogP contribution in [0.5, 0.6) is 0 Å². The molecule has 2 heterocycles. The molecule has 2 N–H and O–H groups in total. The number of pyridine rings is 1. The van der Waals surface area contributed by atoms with E-state index in [1.807, 2.05) is 37.8 Å². The van der Waals surface area contributed by atoms with Crippen molar-refractivity contribution in [1.29, 1.82) is 10.7 Å². The highest BCUT2D eigenvalue weighted by Crippen LogP contribution is 2.35. The minimum Gasteiger partial charge on any atom is -0.362 e. The van der Waals surface area contributed by atoms with Gasteiger partial charge in [0.05, 0.1) is 23.3 Å². The summed E-state index contributed by atoms with van der Waals surface area (Å²) in [5.41, 5.74) is 10.1. The highest BCUT2D eigenvalue weighted by Gasteiger charge is 2.22. The smallest absolute Gasteiger partial charge is 0.100 e. The maximum Gasteiger partial charge on any atom is 0.100 e. The van der Waals surface area contributed by atoms with Crippen LogP contribution in [-0.2, 0) is 19.9 Å². The Bertz CT molecular complexity index is 1720. The van der Waals surface area contributed by atoms with Crippen LogP contribution in [0.4, 0.5) is 5.69 Å². The van der Waals surface area contributed by atoms with E-state index < -0.39 is 0 Å². The summed E-state index contributed by atoms with van der Waals surface area (Å²) in [5.74, 6) is -0.0277. The topological polar surface area (TPSA) is 90.4 Å². The van der Waals surface area contributed by atoms with Crippen molar-refractivity contribution < 1.29 is 0 Å². The molecule has 198 valence electrons. The number of hydrogen-bond acceptors (Lipinski definition) is 5. The number of anilines is 1. The van der Waals surface area contributed by atoms with Gasteiger partial charge in [-0.2, -0.15) is 5.26 Å². The molecule has 5 rings (SSSR count). The summed E-state index contributed by atoms with van der Waals surface area (Å²) >= 11 is 0. The molecule has 0 bridgehead atoms. The molecule has 0 aliphatic heterocycles. The maximum absolute atomic E-state index is 10.5. The highest BCUT2D eigenvalue weighted by molar-refractivity contribution is 5.87. The Morgan fingerprint density at radius 2 is 1.80 bits per heavy atom. The molecule has 1 unspecified atom stereocenters. The molecule has 1 atom stereocenters. The van der Waals surface area contributed by atoms with Crippen LogP contribution >= 0.6 is 0 Å². The number of hydrogen-bond donors (Lipinski definition) is 2. The van der Waals surface area contributed by atoms with Crippen LogP contribution in [0.2, 0.25) is 0 Å². The predicted octanol–water partition coefficient (Wildman–Crippen LogP) is 7.06. The molecule has 6 heteroatoms. The average molecular weight is 525 g/mol. The summed E-state index contributed by atoms with van der Waals surface area (Å²) in [6.07, 6.45) is 9.71. The standard InChI is InChI=1S/C34H32N6/c1-4-31-28(18-24-8-13-27(14-9-24)38-17-5-16-35)30(20-36)29-19-26(12-15-32(29)39-31)34(33-21-37-22-40(33)3)25-10-6-23(2)7-11-25/h5-17,19,21-22,34-35,38H,4,18H2,1-3H3/b17-5-,35-16?. The van der Waals surface area contributed by atoms with E-state index >= 15 is 0 Å². The highest BCUT2D eigenvalue weighted by atomic mass is 15.0. The van der Waals surface area contributed by atoms with Gasteiger partial charge in [0.15, 0.2) is 0 Å². The number of benzene rings is 3. The van der Waals surface area contributed by atoms with Crippen molar-refractivity contribution in [2.45, 2.75) is 32.6 Å². The quantitative estimate of drug-likeness (QED) is 0.202. The van der Waals surface area contributed by atoms with E-state index in [0.29, 0.717) is 12.0 Å². The number of nitrogens with one attached hydrogen (secondary N) is 2. The first-order chi connectivity index (χ1) is 19.5. The number of rotatable bonds is 9. The van der Waals surface area contributed by atoms with Gasteiger partial charge in [0.1, 0.15) is 6.07 Å². The Morgan fingerprint density at radius 1 is 1.05 bits per heavy atom. The van der Waals surface area contributed by atoms with Gasteiger partial charge in [-0.05, 0) is 65.9 Å². The molecule has 6 nitrogen and oxygen atoms in total. The van der Waals surface area contributed by atoms with Crippen LogP contribution < -0.4 is 5.32 Å². The summed E-state index contributed by atoms with van der Waals surface area (Å²) in [6, 6.07) is 25.6. The Balaban J connectivity index is 1.60. The lowest BCUT2D eigenvalue weighted by atomic mass is 9.86. The van der Waals surface area contributed by atoms with Crippen LogP contribution in [0, 0.1) is 23.7 Å². The predicted molar refractivity (Wildman–Crippen MR) is 162 cm³/mol. The van der Waals surface area contributed by atoms with Crippen molar-refractivity contribution in [1.82, 2.24) is 14.5 Å². The second-order valence-electron chi connectivity index (χ2n) is 9.97. The van der Waals surface area contributed by atoms with Gasteiger partial charge in [0.2, 0.25) is 0 Å². The number of nitrogens with zero attached hydrogens (tertiary/aromatic N) is 4. The molecule has 5 aromatic rings. The third kappa shape index (κ3) is 5.41. The summed E-state index contributed by atoms with van der Waals surface area (Å²) in [7, 11) is 2.02. The third-order valence-electron chi connectivity index (χ3n) is 7.31. The molecule has 0 aliphatic rings. The van der Waals surface area contributed by atoms with E-state index in [4.69, 9.17) is 10.4 Å². The SMILES string of the molecule is CCc1nc2ccc(C(c3ccc(C)cc3)c3cncn3C)cc2c(C#N)c1Cc1ccc(N/C=C\C=N)cc1. The zero-order valence-electron chi connectivity index (χ0n) is 23.0. The molecule has 0 fully saturated rings. The van der Waals surface area contributed by atoms with Gasteiger partial charge in [0, 0.05) is 54.5 Å². The van der Waals surface area contributed by atoms with Crippen LogP contribution in [0.25, 0.3) is 10.9 Å². The molecular weight excluding hydrogens is 492 g/mol. The molecular formula is C34H32N6. The Morgan fingerprint density at radius 3 is 2.45 bits per heavy atom. The Hall–Kier alpha value is -5.02. The van der Waals surface area contributed by atoms with Gasteiger partial charge < -0.3 is 15.3 Å². The van der Waals surface area contributed by atoms with Crippen LogP contribution in [0.1, 0.15) is 57.6 Å². The van der Waals surface area contributed by atoms with Crippen molar-refractivity contribution >= 4 is 22.8 Å². The van der Waals surface area contributed by atoms with Gasteiger partial charge >= 0.3 is 0 Å². The third-order valence-corrected chi connectivity index (χ3v) is 7.31. The summed E-state index contributed by atoms with van der Waals surface area (Å²) < 4.78 is 2.06.